The Balaban J connectivity index is 2.60. The molecule has 0 fully saturated rings. The molecule has 1 amide bonds. The molecule has 1 atom stereocenters. The molecule has 20 heavy (non-hydrogen) atoms. The van der Waals surface area contributed by atoms with Crippen molar-refractivity contribution in [2.45, 2.75) is 19.1 Å². The topological polar surface area (TPSA) is 38.3 Å². The molecule has 0 bridgehead atoms. The number of carbonyl (C=O) groups excluding carboxylic acids is 1. The van der Waals surface area contributed by atoms with E-state index in [1.54, 1.807) is 6.92 Å². The molecule has 110 valence electrons. The Bertz CT molecular complexity index is 466. The Morgan fingerprint density at radius 2 is 1.95 bits per heavy atom. The molecular formula is C14H16F3NO2. The number of ether oxygens (including phenoxy) is 1. The average Bonchev–Trinajstić information content (AvgIpc) is 2.36. The molecule has 1 unspecified atom stereocenters. The summed E-state index contributed by atoms with van der Waals surface area (Å²) in [5.74, 6) is -0.325. The van der Waals surface area contributed by atoms with Crippen LogP contribution >= 0.6 is 0 Å². The zero-order valence-corrected chi connectivity index (χ0v) is 11.2. The quantitative estimate of drug-likeness (QED) is 0.846. The van der Waals surface area contributed by atoms with E-state index in [9.17, 15) is 18.0 Å². The molecule has 0 aliphatic carbocycles. The summed E-state index contributed by atoms with van der Waals surface area (Å²) in [6, 6.07) is 4.44. The van der Waals surface area contributed by atoms with Gasteiger partial charge in [-0.2, -0.15) is 13.2 Å². The van der Waals surface area contributed by atoms with Crippen molar-refractivity contribution >= 4 is 12.0 Å². The fourth-order valence-corrected chi connectivity index (χ4v) is 1.54. The summed E-state index contributed by atoms with van der Waals surface area (Å²) in [6.07, 6.45) is -1.63. The minimum Gasteiger partial charge on any atom is -0.383 e. The van der Waals surface area contributed by atoms with Crippen molar-refractivity contribution in [1.29, 1.82) is 0 Å². The van der Waals surface area contributed by atoms with E-state index in [4.69, 9.17) is 4.74 Å². The minimum atomic E-state index is -4.35. The van der Waals surface area contributed by atoms with Crippen molar-refractivity contribution in [3.63, 3.8) is 0 Å². The lowest BCUT2D eigenvalue weighted by molar-refractivity contribution is -0.137. The highest BCUT2D eigenvalue weighted by atomic mass is 19.4. The van der Waals surface area contributed by atoms with E-state index < -0.39 is 11.7 Å². The number of amides is 1. The lowest BCUT2D eigenvalue weighted by Crippen LogP contribution is -2.34. The van der Waals surface area contributed by atoms with Crippen LogP contribution in [0.5, 0.6) is 0 Å². The number of hydrogen-bond donors (Lipinski definition) is 1. The first-order valence-corrected chi connectivity index (χ1v) is 5.97. The Hall–Kier alpha value is -1.82. The summed E-state index contributed by atoms with van der Waals surface area (Å²) in [4.78, 5) is 11.5. The highest BCUT2D eigenvalue weighted by Gasteiger charge is 2.29. The Labute approximate surface area is 115 Å². The van der Waals surface area contributed by atoms with Crippen molar-refractivity contribution < 1.29 is 22.7 Å². The normalized spacial score (nSPS) is 13.4. The summed E-state index contributed by atoms with van der Waals surface area (Å²) in [7, 11) is 1.53. The first kappa shape index (κ1) is 16.2. The Kier molecular flexibility index (Phi) is 5.76. The van der Waals surface area contributed by atoms with Crippen LogP contribution in [0.3, 0.4) is 0 Å². The van der Waals surface area contributed by atoms with Crippen LogP contribution in [0, 0.1) is 0 Å². The molecule has 0 aromatic heterocycles. The number of nitrogens with one attached hydrogen (secondary N) is 1. The van der Waals surface area contributed by atoms with Crippen molar-refractivity contribution in [2.75, 3.05) is 13.7 Å². The van der Waals surface area contributed by atoms with Crippen LogP contribution < -0.4 is 5.32 Å². The van der Waals surface area contributed by atoms with Gasteiger partial charge in [-0.1, -0.05) is 12.1 Å². The van der Waals surface area contributed by atoms with Gasteiger partial charge in [0, 0.05) is 19.2 Å². The SMILES string of the molecule is COCC(C)NC(=O)/C=C/c1ccc(C(F)(F)F)cc1. The second-order valence-electron chi connectivity index (χ2n) is 4.32. The van der Waals surface area contributed by atoms with Crippen LogP contribution in [0.4, 0.5) is 13.2 Å². The largest absolute Gasteiger partial charge is 0.416 e. The number of rotatable bonds is 5. The summed E-state index contributed by atoms with van der Waals surface area (Å²) >= 11 is 0. The molecule has 0 spiro atoms. The van der Waals surface area contributed by atoms with Gasteiger partial charge >= 0.3 is 6.18 Å². The van der Waals surface area contributed by atoms with Crippen LogP contribution in [0.25, 0.3) is 6.08 Å². The molecule has 1 N–H and O–H groups in total. The lowest BCUT2D eigenvalue weighted by atomic mass is 10.1. The maximum absolute atomic E-state index is 12.4. The molecule has 0 aliphatic heterocycles. The molecule has 0 radical (unpaired) electrons. The van der Waals surface area contributed by atoms with Gasteiger partial charge in [-0.25, -0.2) is 0 Å². The highest BCUT2D eigenvalue weighted by Crippen LogP contribution is 2.29. The van der Waals surface area contributed by atoms with Crippen molar-refractivity contribution in [3.8, 4) is 0 Å². The van der Waals surface area contributed by atoms with Gasteiger partial charge in [-0.05, 0) is 30.7 Å². The van der Waals surface area contributed by atoms with Gasteiger partial charge in [0.25, 0.3) is 0 Å². The maximum atomic E-state index is 12.4. The average molecular weight is 287 g/mol. The van der Waals surface area contributed by atoms with E-state index in [0.29, 0.717) is 12.2 Å². The van der Waals surface area contributed by atoms with Gasteiger partial charge in [0.2, 0.25) is 5.91 Å². The van der Waals surface area contributed by atoms with Crippen molar-refractivity contribution in [2.24, 2.45) is 0 Å². The fraction of sp³-hybridized carbons (Fsp3) is 0.357. The molecule has 0 heterocycles. The number of halogens is 3. The zero-order valence-electron chi connectivity index (χ0n) is 11.2. The van der Waals surface area contributed by atoms with Crippen molar-refractivity contribution in [3.05, 3.63) is 41.5 Å². The number of methoxy groups -OCH3 is 1. The smallest absolute Gasteiger partial charge is 0.383 e. The highest BCUT2D eigenvalue weighted by molar-refractivity contribution is 5.91. The van der Waals surface area contributed by atoms with E-state index in [1.165, 1.54) is 31.4 Å². The summed E-state index contributed by atoms with van der Waals surface area (Å²) < 4.78 is 41.9. The third kappa shape index (κ3) is 5.44. The second-order valence-corrected chi connectivity index (χ2v) is 4.32. The Morgan fingerprint density at radius 3 is 2.45 bits per heavy atom. The van der Waals surface area contributed by atoms with E-state index >= 15 is 0 Å². The maximum Gasteiger partial charge on any atom is 0.416 e. The summed E-state index contributed by atoms with van der Waals surface area (Å²) in [5.41, 5.74) is -0.194. The van der Waals surface area contributed by atoms with Gasteiger partial charge in [-0.3, -0.25) is 4.79 Å². The van der Waals surface area contributed by atoms with Gasteiger partial charge < -0.3 is 10.1 Å². The predicted molar refractivity (Wildman–Crippen MR) is 70.0 cm³/mol. The number of carbonyl (C=O) groups is 1. The van der Waals surface area contributed by atoms with Crippen LogP contribution in [0.1, 0.15) is 18.1 Å². The molecule has 0 aliphatic rings. The standard InChI is InChI=1S/C14H16F3NO2/c1-10(9-20-2)18-13(19)8-5-11-3-6-12(7-4-11)14(15,16)17/h3-8,10H,9H2,1-2H3,(H,18,19)/b8-5+. The molecule has 0 saturated heterocycles. The fourth-order valence-electron chi connectivity index (χ4n) is 1.54. The van der Waals surface area contributed by atoms with Gasteiger partial charge in [-0.15, -0.1) is 0 Å². The summed E-state index contributed by atoms with van der Waals surface area (Å²) in [6.45, 7) is 2.17. The first-order valence-electron chi connectivity index (χ1n) is 5.97. The van der Waals surface area contributed by atoms with Gasteiger partial charge in [0.1, 0.15) is 0 Å². The van der Waals surface area contributed by atoms with Crippen LogP contribution in [-0.4, -0.2) is 25.7 Å². The van der Waals surface area contributed by atoms with E-state index in [0.717, 1.165) is 12.1 Å². The van der Waals surface area contributed by atoms with Gasteiger partial charge in [0.15, 0.2) is 0 Å². The lowest BCUT2D eigenvalue weighted by Gasteiger charge is -2.10. The molecule has 1 aromatic carbocycles. The molecule has 0 saturated carbocycles. The number of alkyl halides is 3. The van der Waals surface area contributed by atoms with Crippen LogP contribution in [-0.2, 0) is 15.7 Å². The predicted octanol–water partition coefficient (Wildman–Crippen LogP) is 2.87. The molecule has 1 rings (SSSR count). The first-order chi connectivity index (χ1) is 9.32. The number of hydrogen-bond acceptors (Lipinski definition) is 2. The van der Waals surface area contributed by atoms with Crippen molar-refractivity contribution in [1.82, 2.24) is 5.32 Å². The minimum absolute atomic E-state index is 0.134. The monoisotopic (exact) mass is 287 g/mol. The van der Waals surface area contributed by atoms with E-state index in [2.05, 4.69) is 5.32 Å². The molecular weight excluding hydrogens is 271 g/mol. The molecule has 1 aromatic rings. The van der Waals surface area contributed by atoms with Crippen LogP contribution in [0.15, 0.2) is 30.3 Å². The van der Waals surface area contributed by atoms with Gasteiger partial charge in [0.05, 0.1) is 12.2 Å². The Morgan fingerprint density at radius 1 is 1.35 bits per heavy atom. The second kappa shape index (κ2) is 7.09. The molecule has 6 heteroatoms. The third-order valence-corrected chi connectivity index (χ3v) is 2.47. The van der Waals surface area contributed by atoms with E-state index in [1.807, 2.05) is 0 Å². The molecule has 3 nitrogen and oxygen atoms in total. The zero-order chi connectivity index (χ0) is 15.2. The van der Waals surface area contributed by atoms with E-state index in [-0.39, 0.29) is 11.9 Å². The van der Waals surface area contributed by atoms with Crippen LogP contribution in [0.2, 0.25) is 0 Å². The number of benzene rings is 1. The third-order valence-electron chi connectivity index (χ3n) is 2.47. The summed E-state index contributed by atoms with van der Waals surface area (Å²) in [5, 5.41) is 2.66.